The zero-order chi connectivity index (χ0) is 18.7. The lowest BCUT2D eigenvalue weighted by Crippen LogP contribution is -1.98. The van der Waals surface area contributed by atoms with E-state index in [1.54, 1.807) is 25.1 Å². The van der Waals surface area contributed by atoms with E-state index in [4.69, 9.17) is 4.52 Å². The fourth-order valence-corrected chi connectivity index (χ4v) is 2.88. The standard InChI is InChI=1S/C19H13BrN2O4/c1-12-18(17(23)11-8-13-4-2-3-5-16(13)20)19(21-26-12)14-6-9-15(10-7-14)22(24)25/h2-11H,1H3/b11-8+. The molecule has 0 fully saturated rings. The highest BCUT2D eigenvalue weighted by molar-refractivity contribution is 9.10. The van der Waals surface area contributed by atoms with Gasteiger partial charge in [-0.2, -0.15) is 0 Å². The number of aromatic nitrogens is 1. The summed E-state index contributed by atoms with van der Waals surface area (Å²) in [4.78, 5) is 23.0. The molecule has 26 heavy (non-hydrogen) atoms. The van der Waals surface area contributed by atoms with Gasteiger partial charge in [0, 0.05) is 22.2 Å². The molecular weight excluding hydrogens is 400 g/mol. The van der Waals surface area contributed by atoms with E-state index in [1.807, 2.05) is 24.3 Å². The van der Waals surface area contributed by atoms with Crippen LogP contribution in [0.15, 0.2) is 63.6 Å². The minimum atomic E-state index is -0.482. The van der Waals surface area contributed by atoms with Crippen molar-refractivity contribution in [2.45, 2.75) is 6.92 Å². The Hall–Kier alpha value is -3.06. The molecule has 0 saturated carbocycles. The summed E-state index contributed by atoms with van der Waals surface area (Å²) in [5.74, 6) is 0.132. The molecule has 2 aromatic carbocycles. The number of carbonyl (C=O) groups is 1. The molecule has 0 spiro atoms. The van der Waals surface area contributed by atoms with Gasteiger partial charge >= 0.3 is 0 Å². The zero-order valence-electron chi connectivity index (χ0n) is 13.7. The lowest BCUT2D eigenvalue weighted by molar-refractivity contribution is -0.384. The molecule has 0 aliphatic carbocycles. The van der Waals surface area contributed by atoms with Crippen LogP contribution in [-0.4, -0.2) is 15.9 Å². The van der Waals surface area contributed by atoms with Gasteiger partial charge in [0.2, 0.25) is 0 Å². The normalized spacial score (nSPS) is 11.0. The number of non-ortho nitro benzene ring substituents is 1. The third-order valence-corrected chi connectivity index (χ3v) is 4.50. The van der Waals surface area contributed by atoms with Gasteiger partial charge in [-0.15, -0.1) is 0 Å². The van der Waals surface area contributed by atoms with Gasteiger partial charge in [-0.3, -0.25) is 14.9 Å². The third kappa shape index (κ3) is 3.62. The number of nitro groups is 1. The van der Waals surface area contributed by atoms with Gasteiger partial charge in [-0.1, -0.05) is 39.3 Å². The number of halogens is 1. The summed E-state index contributed by atoms with van der Waals surface area (Å²) in [5.41, 5.74) is 2.11. The first-order chi connectivity index (χ1) is 12.5. The Balaban J connectivity index is 1.93. The number of hydrogen-bond acceptors (Lipinski definition) is 5. The first-order valence-electron chi connectivity index (χ1n) is 7.65. The molecule has 0 aliphatic heterocycles. The van der Waals surface area contributed by atoms with Crippen molar-refractivity contribution < 1.29 is 14.2 Å². The summed E-state index contributed by atoms with van der Waals surface area (Å²) in [6.45, 7) is 1.65. The molecule has 3 aromatic rings. The van der Waals surface area contributed by atoms with Gasteiger partial charge in [-0.05, 0) is 42.8 Å². The molecule has 0 N–H and O–H groups in total. The fraction of sp³-hybridized carbons (Fsp3) is 0.0526. The van der Waals surface area contributed by atoms with Crippen LogP contribution >= 0.6 is 15.9 Å². The van der Waals surface area contributed by atoms with Gasteiger partial charge in [0.05, 0.1) is 10.5 Å². The van der Waals surface area contributed by atoms with Crippen molar-refractivity contribution in [1.82, 2.24) is 5.16 Å². The van der Waals surface area contributed by atoms with Crippen molar-refractivity contribution in [2.24, 2.45) is 0 Å². The Bertz CT molecular complexity index is 1010. The molecule has 7 heteroatoms. The smallest absolute Gasteiger partial charge is 0.269 e. The number of rotatable bonds is 5. The minimum absolute atomic E-state index is 0.0318. The van der Waals surface area contributed by atoms with Crippen molar-refractivity contribution in [3.8, 4) is 11.3 Å². The summed E-state index contributed by atoms with van der Waals surface area (Å²) in [6, 6.07) is 13.4. The van der Waals surface area contributed by atoms with Crippen LogP contribution in [-0.2, 0) is 0 Å². The molecule has 3 rings (SSSR count). The first-order valence-corrected chi connectivity index (χ1v) is 8.44. The van der Waals surface area contributed by atoms with Crippen LogP contribution in [0.1, 0.15) is 21.7 Å². The average molecular weight is 413 g/mol. The number of ketones is 1. The Morgan fingerprint density at radius 2 is 1.88 bits per heavy atom. The van der Waals surface area contributed by atoms with E-state index in [2.05, 4.69) is 21.1 Å². The van der Waals surface area contributed by atoms with Gasteiger partial charge in [0.15, 0.2) is 5.78 Å². The van der Waals surface area contributed by atoms with E-state index in [9.17, 15) is 14.9 Å². The van der Waals surface area contributed by atoms with Gasteiger partial charge in [-0.25, -0.2) is 0 Å². The summed E-state index contributed by atoms with van der Waals surface area (Å²) in [5, 5.41) is 14.7. The molecule has 0 atom stereocenters. The number of allylic oxidation sites excluding steroid dienone is 1. The van der Waals surface area contributed by atoms with Crippen LogP contribution in [0.3, 0.4) is 0 Å². The molecule has 1 aromatic heterocycles. The van der Waals surface area contributed by atoms with Crippen LogP contribution in [0, 0.1) is 17.0 Å². The highest BCUT2D eigenvalue weighted by Crippen LogP contribution is 2.28. The van der Waals surface area contributed by atoms with Crippen LogP contribution < -0.4 is 0 Å². The van der Waals surface area contributed by atoms with Crippen molar-refractivity contribution in [3.05, 3.63) is 86.1 Å². The van der Waals surface area contributed by atoms with Crippen LogP contribution in [0.4, 0.5) is 5.69 Å². The van der Waals surface area contributed by atoms with Crippen molar-refractivity contribution >= 4 is 33.5 Å². The predicted octanol–water partition coefficient (Wildman–Crippen LogP) is 5.22. The second-order valence-corrected chi connectivity index (χ2v) is 6.34. The molecule has 0 radical (unpaired) electrons. The van der Waals surface area contributed by atoms with E-state index in [0.717, 1.165) is 10.0 Å². The predicted molar refractivity (Wildman–Crippen MR) is 101 cm³/mol. The van der Waals surface area contributed by atoms with Gasteiger partial charge in [0.25, 0.3) is 5.69 Å². The average Bonchev–Trinajstić information content (AvgIpc) is 3.02. The number of benzene rings is 2. The van der Waals surface area contributed by atoms with E-state index >= 15 is 0 Å². The molecule has 0 saturated heterocycles. The molecule has 1 heterocycles. The largest absolute Gasteiger partial charge is 0.360 e. The quantitative estimate of drug-likeness (QED) is 0.248. The second kappa shape index (κ2) is 7.45. The van der Waals surface area contributed by atoms with Crippen molar-refractivity contribution in [2.75, 3.05) is 0 Å². The maximum atomic E-state index is 12.7. The molecule has 0 unspecified atom stereocenters. The van der Waals surface area contributed by atoms with Gasteiger partial charge in [0.1, 0.15) is 11.5 Å². The van der Waals surface area contributed by atoms with E-state index in [1.165, 1.54) is 18.2 Å². The van der Waals surface area contributed by atoms with Crippen molar-refractivity contribution in [1.29, 1.82) is 0 Å². The Kier molecular flexibility index (Phi) is 5.09. The maximum absolute atomic E-state index is 12.7. The summed E-state index contributed by atoms with van der Waals surface area (Å²) in [7, 11) is 0. The van der Waals surface area contributed by atoms with E-state index in [-0.39, 0.29) is 11.5 Å². The lowest BCUT2D eigenvalue weighted by atomic mass is 10.0. The van der Waals surface area contributed by atoms with Crippen LogP contribution in [0.5, 0.6) is 0 Å². The molecule has 0 aliphatic rings. The van der Waals surface area contributed by atoms with E-state index < -0.39 is 4.92 Å². The SMILES string of the molecule is Cc1onc(-c2ccc([N+](=O)[O-])cc2)c1C(=O)/C=C/c1ccccc1Br. The topological polar surface area (TPSA) is 86.2 Å². The first kappa shape index (κ1) is 17.8. The number of nitro benzene ring substituents is 1. The number of carbonyl (C=O) groups excluding carboxylic acids is 1. The van der Waals surface area contributed by atoms with Crippen molar-refractivity contribution in [3.63, 3.8) is 0 Å². The number of aryl methyl sites for hydroxylation is 1. The molecule has 6 nitrogen and oxygen atoms in total. The van der Waals surface area contributed by atoms with E-state index in [0.29, 0.717) is 22.6 Å². The van der Waals surface area contributed by atoms with Crippen LogP contribution in [0.25, 0.3) is 17.3 Å². The zero-order valence-corrected chi connectivity index (χ0v) is 15.3. The van der Waals surface area contributed by atoms with Gasteiger partial charge < -0.3 is 4.52 Å². The number of nitrogens with zero attached hydrogens (tertiary/aromatic N) is 2. The summed E-state index contributed by atoms with van der Waals surface area (Å²) in [6.07, 6.45) is 3.16. The molecule has 130 valence electrons. The minimum Gasteiger partial charge on any atom is -0.360 e. The highest BCUT2D eigenvalue weighted by Gasteiger charge is 2.20. The monoisotopic (exact) mass is 412 g/mol. The summed E-state index contributed by atoms with van der Waals surface area (Å²) >= 11 is 3.43. The Morgan fingerprint density at radius 3 is 2.54 bits per heavy atom. The highest BCUT2D eigenvalue weighted by atomic mass is 79.9. The van der Waals surface area contributed by atoms with Crippen LogP contribution in [0.2, 0.25) is 0 Å². The third-order valence-electron chi connectivity index (χ3n) is 3.78. The summed E-state index contributed by atoms with van der Waals surface area (Å²) < 4.78 is 6.05. The molecule has 0 bridgehead atoms. The Labute approximate surface area is 157 Å². The molecular formula is C19H13BrN2O4. The fourth-order valence-electron chi connectivity index (χ4n) is 2.46. The second-order valence-electron chi connectivity index (χ2n) is 5.49. The lowest BCUT2D eigenvalue weighted by Gasteiger charge is -2.00. The molecule has 0 amide bonds. The Morgan fingerprint density at radius 1 is 1.19 bits per heavy atom. The number of hydrogen-bond donors (Lipinski definition) is 0. The maximum Gasteiger partial charge on any atom is 0.269 e.